The monoisotopic (exact) mass is 237 g/mol. The summed E-state index contributed by atoms with van der Waals surface area (Å²) in [5.41, 5.74) is 6.51. The van der Waals surface area contributed by atoms with Gasteiger partial charge >= 0.3 is 0 Å². The first-order chi connectivity index (χ1) is 7.58. The van der Waals surface area contributed by atoms with Crippen LogP contribution in [-0.2, 0) is 0 Å². The number of aromatic nitrogens is 2. The maximum Gasteiger partial charge on any atom is 0.164 e. The lowest BCUT2D eigenvalue weighted by Crippen LogP contribution is -1.99. The molecule has 5 heteroatoms. The van der Waals surface area contributed by atoms with Crippen LogP contribution in [0.5, 0.6) is 0 Å². The Morgan fingerprint density at radius 3 is 2.75 bits per heavy atom. The highest BCUT2D eigenvalue weighted by Crippen LogP contribution is 2.25. The molecule has 16 heavy (non-hydrogen) atoms. The van der Waals surface area contributed by atoms with Crippen molar-refractivity contribution in [2.24, 2.45) is 0 Å². The van der Waals surface area contributed by atoms with Crippen LogP contribution in [0.4, 0.5) is 10.2 Å². The summed E-state index contributed by atoms with van der Waals surface area (Å²) in [6, 6.07) is 6.30. The van der Waals surface area contributed by atoms with Gasteiger partial charge in [0.25, 0.3) is 0 Å². The van der Waals surface area contributed by atoms with Crippen LogP contribution in [-0.4, -0.2) is 9.97 Å². The molecule has 0 atom stereocenters. The molecule has 0 aliphatic heterocycles. The third-order valence-corrected chi connectivity index (χ3v) is 2.36. The van der Waals surface area contributed by atoms with E-state index >= 15 is 0 Å². The molecule has 2 rings (SSSR count). The Labute approximate surface area is 97.1 Å². The number of nitrogens with two attached hydrogens (primary N) is 1. The summed E-state index contributed by atoms with van der Waals surface area (Å²) in [5, 5.41) is 0.0428. The van der Waals surface area contributed by atoms with Crippen LogP contribution in [0.15, 0.2) is 24.3 Å². The second-order valence-corrected chi connectivity index (χ2v) is 3.77. The van der Waals surface area contributed by atoms with Crippen molar-refractivity contribution < 1.29 is 4.39 Å². The number of anilines is 1. The maximum atomic E-state index is 13.7. The molecule has 1 heterocycles. The Balaban J connectivity index is 2.63. The summed E-state index contributed by atoms with van der Waals surface area (Å²) < 4.78 is 13.7. The van der Waals surface area contributed by atoms with Crippen molar-refractivity contribution >= 4 is 17.4 Å². The topological polar surface area (TPSA) is 51.8 Å². The van der Waals surface area contributed by atoms with Gasteiger partial charge in [0, 0.05) is 11.8 Å². The molecular weight excluding hydrogens is 229 g/mol. The molecule has 2 aromatic rings. The summed E-state index contributed by atoms with van der Waals surface area (Å²) in [7, 11) is 0. The smallest absolute Gasteiger partial charge is 0.164 e. The van der Waals surface area contributed by atoms with E-state index in [0.717, 1.165) is 0 Å². The van der Waals surface area contributed by atoms with Gasteiger partial charge in [-0.1, -0.05) is 17.7 Å². The fourth-order valence-electron chi connectivity index (χ4n) is 1.39. The zero-order valence-corrected chi connectivity index (χ0v) is 9.29. The fourth-order valence-corrected chi connectivity index (χ4v) is 1.56. The highest BCUT2D eigenvalue weighted by atomic mass is 35.5. The third kappa shape index (κ3) is 1.97. The lowest BCUT2D eigenvalue weighted by atomic mass is 10.2. The van der Waals surface area contributed by atoms with Gasteiger partial charge in [-0.05, 0) is 19.1 Å². The van der Waals surface area contributed by atoms with Crippen molar-refractivity contribution in [3.63, 3.8) is 0 Å². The van der Waals surface area contributed by atoms with Gasteiger partial charge < -0.3 is 5.73 Å². The Bertz CT molecular complexity index is 522. The van der Waals surface area contributed by atoms with Crippen molar-refractivity contribution in [2.75, 3.05) is 5.73 Å². The second-order valence-electron chi connectivity index (χ2n) is 3.36. The Kier molecular flexibility index (Phi) is 2.75. The first-order valence-electron chi connectivity index (χ1n) is 4.63. The number of hydrogen-bond acceptors (Lipinski definition) is 3. The number of hydrogen-bond donors (Lipinski definition) is 1. The SMILES string of the molecule is Cc1cc(N)nc(-c2cccc(Cl)c2F)n1. The van der Waals surface area contributed by atoms with Gasteiger partial charge in [0.05, 0.1) is 10.6 Å². The zero-order chi connectivity index (χ0) is 11.7. The quantitative estimate of drug-likeness (QED) is 0.830. The van der Waals surface area contributed by atoms with E-state index in [-0.39, 0.29) is 16.4 Å². The van der Waals surface area contributed by atoms with E-state index in [0.29, 0.717) is 11.5 Å². The maximum absolute atomic E-state index is 13.7. The molecule has 0 unspecified atom stereocenters. The van der Waals surface area contributed by atoms with Crippen molar-refractivity contribution in [3.8, 4) is 11.4 Å². The van der Waals surface area contributed by atoms with E-state index in [1.54, 1.807) is 25.1 Å². The molecule has 2 N–H and O–H groups in total. The number of aryl methyl sites for hydroxylation is 1. The van der Waals surface area contributed by atoms with Crippen LogP contribution in [0.1, 0.15) is 5.69 Å². The van der Waals surface area contributed by atoms with Gasteiger partial charge in [0.1, 0.15) is 5.82 Å². The number of nitrogen functional groups attached to an aromatic ring is 1. The molecule has 82 valence electrons. The van der Waals surface area contributed by atoms with E-state index in [1.165, 1.54) is 6.07 Å². The van der Waals surface area contributed by atoms with Gasteiger partial charge in [0.15, 0.2) is 11.6 Å². The van der Waals surface area contributed by atoms with Crippen LogP contribution in [0.25, 0.3) is 11.4 Å². The van der Waals surface area contributed by atoms with Gasteiger partial charge in [-0.25, -0.2) is 14.4 Å². The van der Waals surface area contributed by atoms with Gasteiger partial charge in [0.2, 0.25) is 0 Å². The predicted molar refractivity (Wildman–Crippen MR) is 61.6 cm³/mol. The van der Waals surface area contributed by atoms with Crippen LogP contribution in [0.2, 0.25) is 5.02 Å². The Hall–Kier alpha value is -1.68. The van der Waals surface area contributed by atoms with Crippen molar-refractivity contribution in [1.82, 2.24) is 9.97 Å². The number of halogens is 2. The van der Waals surface area contributed by atoms with Crippen LogP contribution < -0.4 is 5.73 Å². The fraction of sp³-hybridized carbons (Fsp3) is 0.0909. The van der Waals surface area contributed by atoms with Crippen LogP contribution in [0, 0.1) is 12.7 Å². The minimum absolute atomic E-state index is 0.0428. The molecule has 0 aliphatic rings. The molecule has 0 amide bonds. The average Bonchev–Trinajstić information content (AvgIpc) is 2.20. The van der Waals surface area contributed by atoms with Gasteiger partial charge in [-0.2, -0.15) is 0 Å². The molecule has 0 saturated carbocycles. The first-order valence-corrected chi connectivity index (χ1v) is 5.01. The molecule has 1 aromatic carbocycles. The van der Waals surface area contributed by atoms with Crippen LogP contribution in [0.3, 0.4) is 0 Å². The molecule has 0 radical (unpaired) electrons. The van der Waals surface area contributed by atoms with Crippen molar-refractivity contribution in [2.45, 2.75) is 6.92 Å². The first kappa shape index (κ1) is 10.8. The van der Waals surface area contributed by atoms with E-state index in [4.69, 9.17) is 17.3 Å². The largest absolute Gasteiger partial charge is 0.384 e. The Morgan fingerprint density at radius 1 is 1.31 bits per heavy atom. The molecule has 3 nitrogen and oxygen atoms in total. The lowest BCUT2D eigenvalue weighted by Gasteiger charge is -2.05. The summed E-state index contributed by atoms with van der Waals surface area (Å²) in [6.45, 7) is 1.77. The normalized spacial score (nSPS) is 10.4. The molecular formula is C11H9ClFN3. The predicted octanol–water partition coefficient (Wildman–Crippen LogP) is 2.83. The third-order valence-electron chi connectivity index (χ3n) is 2.07. The molecule has 0 spiro atoms. The highest BCUT2D eigenvalue weighted by molar-refractivity contribution is 6.31. The van der Waals surface area contributed by atoms with E-state index in [9.17, 15) is 4.39 Å². The minimum atomic E-state index is -0.533. The van der Waals surface area contributed by atoms with Gasteiger partial charge in [-0.15, -0.1) is 0 Å². The van der Waals surface area contributed by atoms with E-state index < -0.39 is 5.82 Å². The number of nitrogens with zero attached hydrogens (tertiary/aromatic N) is 2. The standard InChI is InChI=1S/C11H9ClFN3/c1-6-5-9(14)16-11(15-6)7-3-2-4-8(12)10(7)13/h2-5H,1H3,(H2,14,15,16). The second kappa shape index (κ2) is 4.06. The Morgan fingerprint density at radius 2 is 2.06 bits per heavy atom. The van der Waals surface area contributed by atoms with E-state index in [2.05, 4.69) is 9.97 Å². The minimum Gasteiger partial charge on any atom is -0.384 e. The number of benzene rings is 1. The summed E-state index contributed by atoms with van der Waals surface area (Å²) >= 11 is 5.68. The van der Waals surface area contributed by atoms with Crippen molar-refractivity contribution in [3.05, 3.63) is 40.8 Å². The zero-order valence-electron chi connectivity index (χ0n) is 8.54. The number of rotatable bonds is 1. The summed E-state index contributed by atoms with van der Waals surface area (Å²) in [5.74, 6) is 0.0218. The molecule has 0 bridgehead atoms. The molecule has 1 aromatic heterocycles. The van der Waals surface area contributed by atoms with E-state index in [1.807, 2.05) is 0 Å². The highest BCUT2D eigenvalue weighted by Gasteiger charge is 2.11. The van der Waals surface area contributed by atoms with Crippen molar-refractivity contribution in [1.29, 1.82) is 0 Å². The van der Waals surface area contributed by atoms with Gasteiger partial charge in [-0.3, -0.25) is 0 Å². The molecule has 0 saturated heterocycles. The molecule has 0 aliphatic carbocycles. The van der Waals surface area contributed by atoms with Crippen LogP contribution >= 0.6 is 11.6 Å². The average molecular weight is 238 g/mol. The lowest BCUT2D eigenvalue weighted by molar-refractivity contribution is 0.630. The molecule has 0 fully saturated rings. The summed E-state index contributed by atoms with van der Waals surface area (Å²) in [6.07, 6.45) is 0. The summed E-state index contributed by atoms with van der Waals surface area (Å²) in [4.78, 5) is 8.09.